The number of carbonyl (C=O) groups excluding carboxylic acids is 1. The highest BCUT2D eigenvalue weighted by Crippen LogP contribution is 2.34. The summed E-state index contributed by atoms with van der Waals surface area (Å²) in [6.45, 7) is 5.60. The predicted molar refractivity (Wildman–Crippen MR) is 92.0 cm³/mol. The van der Waals surface area contributed by atoms with Crippen LogP contribution < -0.4 is 9.47 Å². The van der Waals surface area contributed by atoms with Gasteiger partial charge in [-0.05, 0) is 25.0 Å². The quantitative estimate of drug-likeness (QED) is 0.790. The highest BCUT2D eigenvalue weighted by molar-refractivity contribution is 7.89. The number of amides is 1. The zero-order chi connectivity index (χ0) is 18.0. The SMILES string of the molecule is CCC(CC)C(=O)N1CCN(S(=O)(=O)c2ccc3c(c2)OCO3)CC1. The Hall–Kier alpha value is -1.80. The number of rotatable bonds is 5. The van der Waals surface area contributed by atoms with E-state index in [-0.39, 0.29) is 23.5 Å². The molecule has 0 N–H and O–H groups in total. The minimum Gasteiger partial charge on any atom is -0.454 e. The Kier molecular flexibility index (Phi) is 5.19. The van der Waals surface area contributed by atoms with Crippen molar-refractivity contribution in [2.45, 2.75) is 31.6 Å². The van der Waals surface area contributed by atoms with Crippen molar-refractivity contribution in [3.8, 4) is 11.5 Å². The van der Waals surface area contributed by atoms with Crippen molar-refractivity contribution in [2.75, 3.05) is 33.0 Å². The number of carbonyl (C=O) groups is 1. The third kappa shape index (κ3) is 3.46. The number of ether oxygens (including phenoxy) is 2. The summed E-state index contributed by atoms with van der Waals surface area (Å²) in [4.78, 5) is 14.4. The molecule has 25 heavy (non-hydrogen) atoms. The molecule has 0 unspecified atom stereocenters. The molecule has 1 saturated heterocycles. The van der Waals surface area contributed by atoms with Gasteiger partial charge in [0.1, 0.15) is 0 Å². The van der Waals surface area contributed by atoms with E-state index < -0.39 is 10.0 Å². The predicted octanol–water partition coefficient (Wildman–Crippen LogP) is 1.68. The second kappa shape index (κ2) is 7.21. The first-order chi connectivity index (χ1) is 12.0. The second-order valence-corrected chi connectivity index (χ2v) is 8.20. The maximum absolute atomic E-state index is 12.8. The molecule has 1 aromatic carbocycles. The molecule has 0 radical (unpaired) electrons. The molecule has 0 saturated carbocycles. The van der Waals surface area contributed by atoms with E-state index in [4.69, 9.17) is 9.47 Å². The average molecular weight is 368 g/mol. The summed E-state index contributed by atoms with van der Waals surface area (Å²) < 4.78 is 37.6. The number of nitrogens with zero attached hydrogens (tertiary/aromatic N) is 2. The molecule has 2 aliphatic heterocycles. The van der Waals surface area contributed by atoms with Crippen molar-refractivity contribution in [1.82, 2.24) is 9.21 Å². The van der Waals surface area contributed by atoms with E-state index in [0.717, 1.165) is 12.8 Å². The molecule has 3 rings (SSSR count). The Morgan fingerprint density at radius 3 is 2.36 bits per heavy atom. The van der Waals surface area contributed by atoms with Gasteiger partial charge in [-0.1, -0.05) is 13.8 Å². The normalized spacial score (nSPS) is 18.0. The lowest BCUT2D eigenvalue weighted by atomic mass is 10.0. The Bertz CT molecular complexity index is 737. The molecule has 7 nitrogen and oxygen atoms in total. The fourth-order valence-corrected chi connectivity index (χ4v) is 4.67. The van der Waals surface area contributed by atoms with Gasteiger partial charge in [0.15, 0.2) is 11.5 Å². The average Bonchev–Trinajstić information content (AvgIpc) is 3.10. The smallest absolute Gasteiger partial charge is 0.243 e. The van der Waals surface area contributed by atoms with Gasteiger partial charge in [-0.3, -0.25) is 4.79 Å². The molecule has 2 heterocycles. The van der Waals surface area contributed by atoms with E-state index in [2.05, 4.69) is 0 Å². The van der Waals surface area contributed by atoms with Gasteiger partial charge < -0.3 is 14.4 Å². The van der Waals surface area contributed by atoms with E-state index in [0.29, 0.717) is 37.7 Å². The van der Waals surface area contributed by atoms with Crippen LogP contribution in [-0.2, 0) is 14.8 Å². The van der Waals surface area contributed by atoms with Crippen LogP contribution in [0.5, 0.6) is 11.5 Å². The Balaban J connectivity index is 1.68. The van der Waals surface area contributed by atoms with Crippen LogP contribution in [0.15, 0.2) is 23.1 Å². The van der Waals surface area contributed by atoms with Crippen LogP contribution in [0.3, 0.4) is 0 Å². The topological polar surface area (TPSA) is 76.2 Å². The molecular weight excluding hydrogens is 344 g/mol. The Morgan fingerprint density at radius 2 is 1.72 bits per heavy atom. The summed E-state index contributed by atoms with van der Waals surface area (Å²) in [5.74, 6) is 1.16. The molecule has 8 heteroatoms. The summed E-state index contributed by atoms with van der Waals surface area (Å²) in [5, 5.41) is 0. The number of benzene rings is 1. The number of hydrogen-bond acceptors (Lipinski definition) is 5. The largest absolute Gasteiger partial charge is 0.454 e. The van der Waals surface area contributed by atoms with Gasteiger partial charge in [0.2, 0.25) is 22.7 Å². The monoisotopic (exact) mass is 368 g/mol. The minimum atomic E-state index is -3.60. The molecule has 1 amide bonds. The Morgan fingerprint density at radius 1 is 1.08 bits per heavy atom. The first-order valence-corrected chi connectivity index (χ1v) is 10.1. The first-order valence-electron chi connectivity index (χ1n) is 8.66. The van der Waals surface area contributed by atoms with E-state index in [1.807, 2.05) is 13.8 Å². The van der Waals surface area contributed by atoms with Crippen molar-refractivity contribution < 1.29 is 22.7 Å². The van der Waals surface area contributed by atoms with Crippen molar-refractivity contribution in [3.63, 3.8) is 0 Å². The van der Waals surface area contributed by atoms with Crippen LogP contribution in [-0.4, -0.2) is 56.5 Å². The van der Waals surface area contributed by atoms with Crippen molar-refractivity contribution >= 4 is 15.9 Å². The highest BCUT2D eigenvalue weighted by Gasteiger charge is 2.32. The van der Waals surface area contributed by atoms with Crippen LogP contribution in [0.2, 0.25) is 0 Å². The Labute approximate surface area is 148 Å². The van der Waals surface area contributed by atoms with E-state index in [1.54, 1.807) is 11.0 Å². The molecule has 0 spiro atoms. The summed E-state index contributed by atoms with van der Waals surface area (Å²) in [5.41, 5.74) is 0. The number of piperazine rings is 1. The molecule has 0 aliphatic carbocycles. The summed E-state index contributed by atoms with van der Waals surface area (Å²) in [6, 6.07) is 4.64. The third-order valence-electron chi connectivity index (χ3n) is 4.87. The summed E-state index contributed by atoms with van der Waals surface area (Å²) in [6.07, 6.45) is 1.62. The molecule has 2 aliphatic rings. The molecular formula is C17H24N2O5S. The van der Waals surface area contributed by atoms with Crippen molar-refractivity contribution in [3.05, 3.63) is 18.2 Å². The zero-order valence-electron chi connectivity index (χ0n) is 14.6. The van der Waals surface area contributed by atoms with Crippen LogP contribution in [0, 0.1) is 5.92 Å². The van der Waals surface area contributed by atoms with Crippen molar-refractivity contribution in [2.24, 2.45) is 5.92 Å². The maximum Gasteiger partial charge on any atom is 0.243 e. The summed E-state index contributed by atoms with van der Waals surface area (Å²) >= 11 is 0. The minimum absolute atomic E-state index is 0.0250. The van der Waals surface area contributed by atoms with Gasteiger partial charge >= 0.3 is 0 Å². The molecule has 138 valence electrons. The van der Waals surface area contributed by atoms with Gasteiger partial charge in [-0.15, -0.1) is 0 Å². The summed E-state index contributed by atoms with van der Waals surface area (Å²) in [7, 11) is -3.60. The zero-order valence-corrected chi connectivity index (χ0v) is 15.4. The molecule has 0 bridgehead atoms. The van der Waals surface area contributed by atoms with Gasteiger partial charge in [-0.25, -0.2) is 8.42 Å². The van der Waals surface area contributed by atoms with Gasteiger partial charge in [0, 0.05) is 38.2 Å². The van der Waals surface area contributed by atoms with Gasteiger partial charge in [-0.2, -0.15) is 4.31 Å². The number of hydrogen-bond donors (Lipinski definition) is 0. The fraction of sp³-hybridized carbons (Fsp3) is 0.588. The van der Waals surface area contributed by atoms with Gasteiger partial charge in [0.25, 0.3) is 0 Å². The van der Waals surface area contributed by atoms with Crippen LogP contribution in [0.4, 0.5) is 0 Å². The molecule has 0 aromatic heterocycles. The van der Waals surface area contributed by atoms with Crippen LogP contribution in [0.25, 0.3) is 0 Å². The molecule has 0 atom stereocenters. The molecule has 1 aromatic rings. The van der Waals surface area contributed by atoms with Gasteiger partial charge in [0.05, 0.1) is 4.90 Å². The highest BCUT2D eigenvalue weighted by atomic mass is 32.2. The lowest BCUT2D eigenvalue weighted by Crippen LogP contribution is -2.51. The maximum atomic E-state index is 12.8. The third-order valence-corrected chi connectivity index (χ3v) is 6.76. The second-order valence-electron chi connectivity index (χ2n) is 6.26. The van der Waals surface area contributed by atoms with Crippen LogP contribution in [0.1, 0.15) is 26.7 Å². The fourth-order valence-electron chi connectivity index (χ4n) is 3.23. The van der Waals surface area contributed by atoms with Crippen LogP contribution >= 0.6 is 0 Å². The van der Waals surface area contributed by atoms with E-state index >= 15 is 0 Å². The lowest BCUT2D eigenvalue weighted by molar-refractivity contribution is -0.136. The lowest BCUT2D eigenvalue weighted by Gasteiger charge is -2.35. The molecule has 1 fully saturated rings. The van der Waals surface area contributed by atoms with E-state index in [1.165, 1.54) is 16.4 Å². The van der Waals surface area contributed by atoms with Crippen molar-refractivity contribution in [1.29, 1.82) is 0 Å². The van der Waals surface area contributed by atoms with E-state index in [9.17, 15) is 13.2 Å². The number of fused-ring (bicyclic) bond motifs is 1. The number of sulfonamides is 1. The first kappa shape index (κ1) is 18.0. The standard InChI is InChI=1S/C17H24N2O5S/c1-3-13(4-2)17(20)18-7-9-19(10-8-18)25(21,22)14-5-6-15-16(11-14)24-12-23-15/h5-6,11,13H,3-4,7-10,12H2,1-2H3.